The third-order valence-corrected chi connectivity index (χ3v) is 4.26. The predicted octanol–water partition coefficient (Wildman–Crippen LogP) is 3.89. The van der Waals surface area contributed by atoms with Crippen molar-refractivity contribution in [2.75, 3.05) is 26.2 Å². The molecule has 2 aliphatic carbocycles. The molecule has 0 bridgehead atoms. The zero-order valence-corrected chi connectivity index (χ0v) is 12.0. The van der Waals surface area contributed by atoms with Gasteiger partial charge in [0.2, 0.25) is 0 Å². The van der Waals surface area contributed by atoms with Crippen LogP contribution in [0, 0.1) is 0 Å². The zero-order valence-electron chi connectivity index (χ0n) is 12.0. The smallest absolute Gasteiger partial charge is 0.100 e. The van der Waals surface area contributed by atoms with E-state index in [4.69, 9.17) is 4.74 Å². The first-order valence-corrected chi connectivity index (χ1v) is 7.57. The van der Waals surface area contributed by atoms with Crippen molar-refractivity contribution in [2.24, 2.45) is 0 Å². The van der Waals surface area contributed by atoms with Crippen LogP contribution < -0.4 is 0 Å². The summed E-state index contributed by atoms with van der Waals surface area (Å²) in [7, 11) is 0. The molecule has 2 heteroatoms. The van der Waals surface area contributed by atoms with Crippen LogP contribution in [0.3, 0.4) is 0 Å². The Bertz CT molecular complexity index is 326. The van der Waals surface area contributed by atoms with Crippen molar-refractivity contribution in [2.45, 2.75) is 52.4 Å². The highest BCUT2D eigenvalue weighted by atomic mass is 16.5. The molecule has 0 aromatic heterocycles. The lowest BCUT2D eigenvalue weighted by molar-refractivity contribution is 0.158. The van der Waals surface area contributed by atoms with E-state index in [1.807, 2.05) is 0 Å². The van der Waals surface area contributed by atoms with Crippen LogP contribution in [0.4, 0.5) is 0 Å². The van der Waals surface area contributed by atoms with Gasteiger partial charge in [-0.2, -0.15) is 0 Å². The predicted molar refractivity (Wildman–Crippen MR) is 76.6 cm³/mol. The van der Waals surface area contributed by atoms with Gasteiger partial charge in [0.15, 0.2) is 0 Å². The van der Waals surface area contributed by atoms with Crippen LogP contribution in [0.2, 0.25) is 0 Å². The standard InChI is InChI=1S/C16H27NO/c1-3-17(4-2)11-12-18-16-10-9-14-7-5-6-8-15(14)13-16/h10H,3-9,11-13H2,1-2H3. The van der Waals surface area contributed by atoms with Crippen molar-refractivity contribution in [1.29, 1.82) is 0 Å². The Kier molecular flexibility index (Phi) is 5.30. The molecule has 0 aliphatic heterocycles. The fraction of sp³-hybridized carbons (Fsp3) is 0.750. The monoisotopic (exact) mass is 249 g/mol. The summed E-state index contributed by atoms with van der Waals surface area (Å²) in [5, 5.41) is 0. The number of nitrogens with zero attached hydrogens (tertiary/aromatic N) is 1. The normalized spacial score (nSPS) is 19.8. The summed E-state index contributed by atoms with van der Waals surface area (Å²) in [6.45, 7) is 8.56. The highest BCUT2D eigenvalue weighted by molar-refractivity contribution is 5.28. The summed E-state index contributed by atoms with van der Waals surface area (Å²) < 4.78 is 5.95. The highest BCUT2D eigenvalue weighted by Crippen LogP contribution is 2.35. The van der Waals surface area contributed by atoms with Crippen LogP contribution in [-0.4, -0.2) is 31.1 Å². The van der Waals surface area contributed by atoms with Crippen LogP contribution >= 0.6 is 0 Å². The average Bonchev–Trinajstić information content (AvgIpc) is 2.43. The molecule has 0 aromatic carbocycles. The molecule has 0 radical (unpaired) electrons. The maximum absolute atomic E-state index is 5.95. The van der Waals surface area contributed by atoms with E-state index in [-0.39, 0.29) is 0 Å². The first-order valence-electron chi connectivity index (χ1n) is 7.57. The molecule has 102 valence electrons. The summed E-state index contributed by atoms with van der Waals surface area (Å²) in [4.78, 5) is 2.41. The van der Waals surface area contributed by atoms with Gasteiger partial charge in [0.1, 0.15) is 6.61 Å². The fourth-order valence-electron chi connectivity index (χ4n) is 2.97. The molecule has 0 spiro atoms. The highest BCUT2D eigenvalue weighted by Gasteiger charge is 2.18. The van der Waals surface area contributed by atoms with Gasteiger partial charge in [-0.25, -0.2) is 0 Å². The van der Waals surface area contributed by atoms with E-state index in [1.165, 1.54) is 31.4 Å². The van der Waals surface area contributed by atoms with Gasteiger partial charge in [-0.3, -0.25) is 0 Å². The van der Waals surface area contributed by atoms with Gasteiger partial charge in [-0.15, -0.1) is 0 Å². The molecule has 0 unspecified atom stereocenters. The van der Waals surface area contributed by atoms with Crippen LogP contribution in [0.5, 0.6) is 0 Å². The van der Waals surface area contributed by atoms with E-state index in [0.29, 0.717) is 0 Å². The van der Waals surface area contributed by atoms with Crippen molar-refractivity contribution in [1.82, 2.24) is 4.90 Å². The molecule has 2 aliphatic rings. The van der Waals surface area contributed by atoms with Gasteiger partial charge in [-0.1, -0.05) is 25.0 Å². The SMILES string of the molecule is CCN(CC)CCOC1=CCC2=C(CCCC2)C1. The second-order valence-corrected chi connectivity index (χ2v) is 5.34. The molecular weight excluding hydrogens is 222 g/mol. The first-order chi connectivity index (χ1) is 8.83. The van der Waals surface area contributed by atoms with E-state index < -0.39 is 0 Å². The minimum absolute atomic E-state index is 0.843. The molecule has 0 saturated carbocycles. The zero-order chi connectivity index (χ0) is 12.8. The minimum Gasteiger partial charge on any atom is -0.497 e. The topological polar surface area (TPSA) is 12.5 Å². The van der Waals surface area contributed by atoms with E-state index in [9.17, 15) is 0 Å². The number of ether oxygens (including phenoxy) is 1. The Balaban J connectivity index is 1.73. The molecule has 2 rings (SSSR count). The van der Waals surface area contributed by atoms with E-state index in [0.717, 1.165) is 39.1 Å². The maximum Gasteiger partial charge on any atom is 0.100 e. The van der Waals surface area contributed by atoms with Crippen molar-refractivity contribution in [3.8, 4) is 0 Å². The minimum atomic E-state index is 0.843. The quantitative estimate of drug-likeness (QED) is 0.662. The van der Waals surface area contributed by atoms with Crippen LogP contribution in [-0.2, 0) is 4.74 Å². The molecule has 0 aromatic rings. The van der Waals surface area contributed by atoms with Crippen molar-refractivity contribution >= 4 is 0 Å². The first kappa shape index (κ1) is 13.7. The lowest BCUT2D eigenvalue weighted by atomic mass is 9.85. The Labute approximate surface area is 112 Å². The fourth-order valence-corrected chi connectivity index (χ4v) is 2.97. The van der Waals surface area contributed by atoms with E-state index in [2.05, 4.69) is 24.8 Å². The van der Waals surface area contributed by atoms with Crippen molar-refractivity contribution < 1.29 is 4.74 Å². The van der Waals surface area contributed by atoms with Gasteiger partial charge >= 0.3 is 0 Å². The van der Waals surface area contributed by atoms with Gasteiger partial charge in [0, 0.05) is 13.0 Å². The molecule has 0 heterocycles. The number of hydrogen-bond acceptors (Lipinski definition) is 2. The molecular formula is C16H27NO. The average molecular weight is 249 g/mol. The second kappa shape index (κ2) is 6.98. The molecule has 0 atom stereocenters. The molecule has 2 nitrogen and oxygen atoms in total. The van der Waals surface area contributed by atoms with Crippen molar-refractivity contribution in [3.63, 3.8) is 0 Å². The number of hydrogen-bond donors (Lipinski definition) is 0. The Morgan fingerprint density at radius 3 is 2.56 bits per heavy atom. The lowest BCUT2D eigenvalue weighted by Crippen LogP contribution is -2.27. The van der Waals surface area contributed by atoms with Gasteiger partial charge in [0.25, 0.3) is 0 Å². The van der Waals surface area contributed by atoms with E-state index in [1.54, 1.807) is 11.1 Å². The third kappa shape index (κ3) is 3.61. The van der Waals surface area contributed by atoms with Gasteiger partial charge in [-0.05, 0) is 51.3 Å². The van der Waals surface area contributed by atoms with Crippen LogP contribution in [0.25, 0.3) is 0 Å². The molecule has 18 heavy (non-hydrogen) atoms. The van der Waals surface area contributed by atoms with Crippen molar-refractivity contribution in [3.05, 3.63) is 23.0 Å². The Hall–Kier alpha value is -0.760. The van der Waals surface area contributed by atoms with Gasteiger partial charge < -0.3 is 9.64 Å². The molecule has 0 amide bonds. The number of rotatable bonds is 6. The summed E-state index contributed by atoms with van der Waals surface area (Å²) in [6.07, 6.45) is 9.97. The van der Waals surface area contributed by atoms with Crippen LogP contribution in [0.1, 0.15) is 52.4 Å². The van der Waals surface area contributed by atoms with E-state index >= 15 is 0 Å². The molecule has 0 saturated heterocycles. The summed E-state index contributed by atoms with van der Waals surface area (Å²) >= 11 is 0. The Morgan fingerprint density at radius 2 is 1.83 bits per heavy atom. The molecule has 0 N–H and O–H groups in total. The molecule has 0 fully saturated rings. The summed E-state index contributed by atoms with van der Waals surface area (Å²) in [6, 6.07) is 0. The second-order valence-electron chi connectivity index (χ2n) is 5.34. The summed E-state index contributed by atoms with van der Waals surface area (Å²) in [5.41, 5.74) is 3.39. The van der Waals surface area contributed by atoms with Crippen LogP contribution in [0.15, 0.2) is 23.0 Å². The lowest BCUT2D eigenvalue weighted by Gasteiger charge is -2.26. The Morgan fingerprint density at radius 1 is 1.11 bits per heavy atom. The maximum atomic E-state index is 5.95. The largest absolute Gasteiger partial charge is 0.497 e. The summed E-state index contributed by atoms with van der Waals surface area (Å²) in [5.74, 6) is 1.22. The number of allylic oxidation sites excluding steroid dienone is 3. The third-order valence-electron chi connectivity index (χ3n) is 4.26. The number of likely N-dealkylation sites (N-methyl/N-ethyl adjacent to an activating group) is 1. The van der Waals surface area contributed by atoms with Gasteiger partial charge in [0.05, 0.1) is 5.76 Å².